The Labute approximate surface area is 234 Å². The third-order valence-electron chi connectivity index (χ3n) is 6.51. The monoisotopic (exact) mass is 553 g/mol. The van der Waals surface area contributed by atoms with Gasteiger partial charge < -0.3 is 25.8 Å². The van der Waals surface area contributed by atoms with E-state index in [0.29, 0.717) is 36.7 Å². The van der Waals surface area contributed by atoms with Crippen LogP contribution >= 0.6 is 0 Å². The van der Waals surface area contributed by atoms with E-state index in [0.717, 1.165) is 12.0 Å². The summed E-state index contributed by atoms with van der Waals surface area (Å²) in [5, 5.41) is 14.1. The third kappa shape index (κ3) is 7.13. The molecule has 0 aliphatic carbocycles. The van der Waals surface area contributed by atoms with E-state index in [1.807, 2.05) is 30.3 Å². The number of hydrogen-bond donors (Lipinski definition) is 3. The minimum absolute atomic E-state index is 0. The van der Waals surface area contributed by atoms with Crippen molar-refractivity contribution in [2.45, 2.75) is 65.0 Å². The Bertz CT molecular complexity index is 1310. The number of benzene rings is 1. The van der Waals surface area contributed by atoms with E-state index in [4.69, 9.17) is 15.2 Å². The van der Waals surface area contributed by atoms with E-state index < -0.39 is 23.7 Å². The molecule has 12 heteroatoms. The summed E-state index contributed by atoms with van der Waals surface area (Å²) in [5.74, 6) is -0.193. The predicted octanol–water partition coefficient (Wildman–Crippen LogP) is 2.32. The number of aromatic nitrogens is 3. The van der Waals surface area contributed by atoms with Crippen LogP contribution in [0.2, 0.25) is 0 Å². The van der Waals surface area contributed by atoms with Crippen molar-refractivity contribution in [2.24, 2.45) is 5.73 Å². The molecule has 40 heavy (non-hydrogen) atoms. The summed E-state index contributed by atoms with van der Waals surface area (Å²) in [6.45, 7) is 4.02. The minimum atomic E-state index is -1.13. The van der Waals surface area contributed by atoms with Crippen molar-refractivity contribution in [1.82, 2.24) is 30.1 Å². The molecule has 3 amide bonds. The summed E-state index contributed by atoms with van der Waals surface area (Å²) >= 11 is 0. The lowest BCUT2D eigenvalue weighted by Crippen LogP contribution is -2.51. The second-order valence-electron chi connectivity index (χ2n) is 10.0. The zero-order valence-electron chi connectivity index (χ0n) is 22.4. The SMILES string of the molecule is C.CNC(=O)[C@H]1CCCN1C(=O)OCc1cccc2nnc([C@@H](COCc3ccccc3)NC(=O)C(C)(C)N)n12. The maximum absolute atomic E-state index is 12.9. The molecule has 1 aliphatic heterocycles. The summed E-state index contributed by atoms with van der Waals surface area (Å²) in [6, 6.07) is 13.8. The van der Waals surface area contributed by atoms with Crippen molar-refractivity contribution < 1.29 is 23.9 Å². The average molecular weight is 554 g/mol. The molecule has 4 N–H and O–H groups in total. The predicted molar refractivity (Wildman–Crippen MR) is 149 cm³/mol. The van der Waals surface area contributed by atoms with Crippen LogP contribution in [0.25, 0.3) is 5.65 Å². The first-order valence-corrected chi connectivity index (χ1v) is 12.9. The molecule has 1 saturated heterocycles. The van der Waals surface area contributed by atoms with Crippen molar-refractivity contribution in [3.05, 3.63) is 65.6 Å². The molecule has 0 unspecified atom stereocenters. The van der Waals surface area contributed by atoms with Crippen LogP contribution < -0.4 is 16.4 Å². The van der Waals surface area contributed by atoms with Gasteiger partial charge in [-0.15, -0.1) is 10.2 Å². The van der Waals surface area contributed by atoms with Crippen molar-refractivity contribution in [3.63, 3.8) is 0 Å². The summed E-state index contributed by atoms with van der Waals surface area (Å²) in [7, 11) is 1.54. The van der Waals surface area contributed by atoms with E-state index in [1.54, 1.807) is 43.5 Å². The van der Waals surface area contributed by atoms with Crippen LogP contribution in [0.15, 0.2) is 48.5 Å². The standard InChI is InChI=1S/C27H35N7O5.CH4/c1-27(2,28)25(36)30-20(17-38-15-18-9-5-4-6-10-18)23-32-31-22-13-7-11-19(34(22)23)16-39-26(37)33-14-8-12-21(33)24(35)29-3;/h4-7,9-11,13,20-21H,8,12,14-17,28H2,1-3H3,(H,29,35)(H,30,36);1H4/t20-,21-;/m1./s1. The van der Waals surface area contributed by atoms with Gasteiger partial charge in [0.1, 0.15) is 18.7 Å². The van der Waals surface area contributed by atoms with Crippen LogP contribution in [0, 0.1) is 0 Å². The van der Waals surface area contributed by atoms with Gasteiger partial charge in [0.25, 0.3) is 0 Å². The van der Waals surface area contributed by atoms with Crippen LogP contribution in [-0.4, -0.2) is 69.2 Å². The van der Waals surface area contributed by atoms with Crippen molar-refractivity contribution in [2.75, 3.05) is 20.2 Å². The fourth-order valence-electron chi connectivity index (χ4n) is 4.41. The number of nitrogens with one attached hydrogen (secondary N) is 2. The highest BCUT2D eigenvalue weighted by Gasteiger charge is 2.35. The Kier molecular flexibility index (Phi) is 10.2. The molecular formula is C28H39N7O5. The third-order valence-corrected chi connectivity index (χ3v) is 6.51. The first-order chi connectivity index (χ1) is 18.7. The van der Waals surface area contributed by atoms with E-state index in [2.05, 4.69) is 20.8 Å². The number of nitrogens with two attached hydrogens (primary N) is 1. The largest absolute Gasteiger partial charge is 0.443 e. The number of amides is 3. The Morgan fingerprint density at radius 3 is 2.55 bits per heavy atom. The Morgan fingerprint density at radius 1 is 1.10 bits per heavy atom. The van der Waals surface area contributed by atoms with Crippen LogP contribution in [0.3, 0.4) is 0 Å². The van der Waals surface area contributed by atoms with E-state index in [1.165, 1.54) is 4.90 Å². The lowest BCUT2D eigenvalue weighted by molar-refractivity contribution is -0.126. The smallest absolute Gasteiger partial charge is 0.410 e. The normalized spacial score (nSPS) is 15.8. The molecule has 0 radical (unpaired) electrons. The van der Waals surface area contributed by atoms with Crippen molar-refractivity contribution in [3.8, 4) is 0 Å². The maximum Gasteiger partial charge on any atom is 0.410 e. The highest BCUT2D eigenvalue weighted by molar-refractivity contribution is 5.86. The molecule has 1 aliphatic rings. The molecule has 0 bridgehead atoms. The Hall–Kier alpha value is -4.03. The summed E-state index contributed by atoms with van der Waals surface area (Å²) in [6.07, 6.45) is 0.732. The number of rotatable bonds is 10. The van der Waals surface area contributed by atoms with Gasteiger partial charge in [0.05, 0.1) is 24.4 Å². The summed E-state index contributed by atoms with van der Waals surface area (Å²) in [4.78, 5) is 39.3. The van der Waals surface area contributed by atoms with Gasteiger partial charge >= 0.3 is 6.09 Å². The van der Waals surface area contributed by atoms with Crippen LogP contribution in [-0.2, 0) is 32.3 Å². The number of likely N-dealkylation sites (tertiary alicyclic amines) is 1. The molecule has 1 aromatic carbocycles. The molecule has 1 fully saturated rings. The zero-order valence-corrected chi connectivity index (χ0v) is 22.4. The van der Waals surface area contributed by atoms with Gasteiger partial charge in [-0.1, -0.05) is 43.8 Å². The number of nitrogens with zero attached hydrogens (tertiary/aromatic N) is 4. The average Bonchev–Trinajstić information content (AvgIpc) is 3.59. The Balaban J connectivity index is 0.00000441. The molecule has 0 spiro atoms. The van der Waals surface area contributed by atoms with E-state index >= 15 is 0 Å². The number of pyridine rings is 1. The highest BCUT2D eigenvalue weighted by Crippen LogP contribution is 2.21. The van der Waals surface area contributed by atoms with Gasteiger partial charge in [-0.3, -0.25) is 18.9 Å². The van der Waals surface area contributed by atoms with E-state index in [-0.39, 0.29) is 32.5 Å². The lowest BCUT2D eigenvalue weighted by atomic mass is 10.1. The van der Waals surface area contributed by atoms with Gasteiger partial charge in [-0.2, -0.15) is 0 Å². The maximum atomic E-state index is 12.9. The van der Waals surface area contributed by atoms with Crippen LogP contribution in [0.1, 0.15) is 57.2 Å². The molecule has 12 nitrogen and oxygen atoms in total. The molecule has 3 heterocycles. The zero-order chi connectivity index (χ0) is 28.0. The number of fused-ring (bicyclic) bond motifs is 1. The fraction of sp³-hybridized carbons (Fsp3) is 0.464. The second-order valence-corrected chi connectivity index (χ2v) is 10.0. The van der Waals surface area contributed by atoms with E-state index in [9.17, 15) is 14.4 Å². The first-order valence-electron chi connectivity index (χ1n) is 12.9. The molecule has 3 aromatic rings. The highest BCUT2D eigenvalue weighted by atomic mass is 16.6. The first kappa shape index (κ1) is 30.5. The van der Waals surface area contributed by atoms with Gasteiger partial charge in [-0.25, -0.2) is 4.79 Å². The van der Waals surface area contributed by atoms with Crippen molar-refractivity contribution in [1.29, 1.82) is 0 Å². The minimum Gasteiger partial charge on any atom is -0.443 e. The molecular weight excluding hydrogens is 514 g/mol. The number of hydrogen-bond acceptors (Lipinski definition) is 8. The number of carbonyl (C=O) groups excluding carboxylic acids is 3. The lowest BCUT2D eigenvalue weighted by Gasteiger charge is -2.24. The summed E-state index contributed by atoms with van der Waals surface area (Å²) < 4.78 is 13.3. The number of ether oxygens (including phenoxy) is 2. The van der Waals surface area contributed by atoms with Crippen LogP contribution in [0.5, 0.6) is 0 Å². The molecule has 4 rings (SSSR count). The Morgan fingerprint density at radius 2 is 1.85 bits per heavy atom. The molecule has 2 aromatic heterocycles. The second kappa shape index (κ2) is 13.4. The van der Waals surface area contributed by atoms with Crippen LogP contribution in [0.4, 0.5) is 4.79 Å². The van der Waals surface area contributed by atoms with Gasteiger partial charge in [0.15, 0.2) is 11.5 Å². The topological polar surface area (TPSA) is 153 Å². The summed E-state index contributed by atoms with van der Waals surface area (Å²) in [5.41, 5.74) is 6.99. The van der Waals surface area contributed by atoms with Gasteiger partial charge in [0, 0.05) is 13.6 Å². The van der Waals surface area contributed by atoms with Gasteiger partial charge in [0.2, 0.25) is 11.8 Å². The molecule has 0 saturated carbocycles. The number of likely N-dealkylation sites (N-methyl/N-ethyl adjacent to an activating group) is 1. The quantitative estimate of drug-likeness (QED) is 0.346. The number of carbonyl (C=O) groups is 3. The molecule has 2 atom stereocenters. The fourth-order valence-corrected chi connectivity index (χ4v) is 4.41. The van der Waals surface area contributed by atoms with Crippen molar-refractivity contribution >= 4 is 23.6 Å². The van der Waals surface area contributed by atoms with Gasteiger partial charge in [-0.05, 0) is 44.4 Å². The molecule has 216 valence electrons.